The Morgan fingerprint density at radius 3 is 2.75 bits per heavy atom. The van der Waals surface area contributed by atoms with Crippen molar-refractivity contribution in [2.45, 2.75) is 26.7 Å². The first-order valence-corrected chi connectivity index (χ1v) is 4.51. The van der Waals surface area contributed by atoms with E-state index in [2.05, 4.69) is 12.1 Å². The average Bonchev–Trinajstić information content (AvgIpc) is 2.06. The summed E-state index contributed by atoms with van der Waals surface area (Å²) in [7, 11) is 0. The summed E-state index contributed by atoms with van der Waals surface area (Å²) in [6.45, 7) is 6.45. The van der Waals surface area contributed by atoms with Gasteiger partial charge in [-0.25, -0.2) is 0 Å². The van der Waals surface area contributed by atoms with Gasteiger partial charge in [0.1, 0.15) is 6.61 Å². The summed E-state index contributed by atoms with van der Waals surface area (Å²) >= 11 is 0. The van der Waals surface area contributed by atoms with Gasteiger partial charge in [0.2, 0.25) is 0 Å². The van der Waals surface area contributed by atoms with E-state index in [0.717, 1.165) is 26.1 Å². The Hall–Kier alpha value is -0.570. The van der Waals surface area contributed by atoms with Crippen LogP contribution in [0.4, 0.5) is 0 Å². The van der Waals surface area contributed by atoms with Gasteiger partial charge in [-0.15, -0.1) is 0 Å². The van der Waals surface area contributed by atoms with E-state index >= 15 is 0 Å². The van der Waals surface area contributed by atoms with E-state index in [1.165, 1.54) is 0 Å². The summed E-state index contributed by atoms with van der Waals surface area (Å²) in [6, 6.07) is 0. The molecule has 0 amide bonds. The lowest BCUT2D eigenvalue weighted by molar-refractivity contribution is 0.0519. The molecule has 0 bridgehead atoms. The van der Waals surface area contributed by atoms with E-state index in [9.17, 15) is 0 Å². The van der Waals surface area contributed by atoms with Crippen molar-refractivity contribution >= 4 is 6.21 Å². The summed E-state index contributed by atoms with van der Waals surface area (Å²) in [4.78, 5) is 4.93. The second-order valence-electron chi connectivity index (χ2n) is 3.42. The Labute approximate surface area is 73.7 Å². The summed E-state index contributed by atoms with van der Waals surface area (Å²) < 4.78 is 5.27. The number of hydrogen-bond donors (Lipinski definition) is 0. The highest BCUT2D eigenvalue weighted by atomic mass is 16.6. The first kappa shape index (κ1) is 9.52. The normalized spacial score (nSPS) is 22.8. The smallest absolute Gasteiger partial charge is 0.114 e. The predicted octanol–water partition coefficient (Wildman–Crippen LogP) is 1.83. The minimum Gasteiger partial charge on any atom is -0.396 e. The maximum absolute atomic E-state index is 5.27. The number of oxime groups is 1. The lowest BCUT2D eigenvalue weighted by Gasteiger charge is -2.28. The van der Waals surface area contributed by atoms with Crippen molar-refractivity contribution in [3.8, 4) is 0 Å². The van der Waals surface area contributed by atoms with E-state index in [4.69, 9.17) is 9.57 Å². The zero-order valence-corrected chi connectivity index (χ0v) is 7.88. The van der Waals surface area contributed by atoms with Crippen molar-refractivity contribution in [1.82, 2.24) is 0 Å². The second kappa shape index (κ2) is 4.45. The van der Waals surface area contributed by atoms with Gasteiger partial charge in [-0.1, -0.05) is 12.1 Å². The molecule has 0 atom stereocenters. The number of nitrogens with zero attached hydrogens (tertiary/aromatic N) is 1. The van der Waals surface area contributed by atoms with Crippen LogP contribution in [0.3, 0.4) is 0 Å². The lowest BCUT2D eigenvalue weighted by Crippen LogP contribution is -2.27. The van der Waals surface area contributed by atoms with Gasteiger partial charge in [0.05, 0.1) is 0 Å². The van der Waals surface area contributed by atoms with Gasteiger partial charge in [-0.05, 0) is 19.8 Å². The minimum atomic E-state index is 0.188. The first-order chi connectivity index (χ1) is 5.77. The number of ether oxygens (including phenoxy) is 1. The van der Waals surface area contributed by atoms with Crippen LogP contribution in [0.5, 0.6) is 0 Å². The molecule has 0 N–H and O–H groups in total. The molecule has 3 nitrogen and oxygen atoms in total. The molecule has 0 spiro atoms. The van der Waals surface area contributed by atoms with E-state index in [0.29, 0.717) is 6.61 Å². The van der Waals surface area contributed by atoms with Gasteiger partial charge in [-0.2, -0.15) is 0 Å². The molecule has 0 saturated carbocycles. The van der Waals surface area contributed by atoms with E-state index in [1.54, 1.807) is 0 Å². The SMILES string of the molecule is CCO/N=C/C1(C)CCOCC1. The van der Waals surface area contributed by atoms with Gasteiger partial charge >= 0.3 is 0 Å². The maximum Gasteiger partial charge on any atom is 0.114 e. The summed E-state index contributed by atoms with van der Waals surface area (Å²) in [5, 5.41) is 3.90. The molecule has 1 aliphatic heterocycles. The average molecular weight is 171 g/mol. The predicted molar refractivity (Wildman–Crippen MR) is 48.3 cm³/mol. The quantitative estimate of drug-likeness (QED) is 0.479. The summed E-state index contributed by atoms with van der Waals surface area (Å²) in [6.07, 6.45) is 4.01. The lowest BCUT2D eigenvalue weighted by atomic mass is 9.84. The third kappa shape index (κ3) is 2.81. The molecular weight excluding hydrogens is 154 g/mol. The molecule has 12 heavy (non-hydrogen) atoms. The third-order valence-corrected chi connectivity index (χ3v) is 2.20. The molecule has 1 aliphatic rings. The van der Waals surface area contributed by atoms with Gasteiger partial charge in [-0.3, -0.25) is 0 Å². The molecule has 3 heteroatoms. The molecule has 1 saturated heterocycles. The molecule has 0 aliphatic carbocycles. The molecule has 0 aromatic heterocycles. The maximum atomic E-state index is 5.27. The summed E-state index contributed by atoms with van der Waals surface area (Å²) in [5.41, 5.74) is 0.188. The van der Waals surface area contributed by atoms with E-state index < -0.39 is 0 Å². The number of hydrogen-bond acceptors (Lipinski definition) is 3. The Bertz CT molecular complexity index is 151. The van der Waals surface area contributed by atoms with Crippen LogP contribution in [0.2, 0.25) is 0 Å². The van der Waals surface area contributed by atoms with Crippen LogP contribution in [-0.4, -0.2) is 26.0 Å². The molecule has 1 rings (SSSR count). The van der Waals surface area contributed by atoms with Crippen LogP contribution in [0, 0.1) is 5.41 Å². The Morgan fingerprint density at radius 2 is 2.17 bits per heavy atom. The molecular formula is C9H17NO2. The van der Waals surface area contributed by atoms with E-state index in [-0.39, 0.29) is 5.41 Å². The van der Waals surface area contributed by atoms with Crippen molar-refractivity contribution in [2.24, 2.45) is 10.6 Å². The zero-order valence-electron chi connectivity index (χ0n) is 7.88. The first-order valence-electron chi connectivity index (χ1n) is 4.51. The highest BCUT2D eigenvalue weighted by Gasteiger charge is 2.25. The number of rotatable bonds is 3. The van der Waals surface area contributed by atoms with Gasteiger partial charge < -0.3 is 9.57 Å². The van der Waals surface area contributed by atoms with Crippen LogP contribution >= 0.6 is 0 Å². The fraction of sp³-hybridized carbons (Fsp3) is 0.889. The van der Waals surface area contributed by atoms with Gasteiger partial charge in [0.25, 0.3) is 0 Å². The van der Waals surface area contributed by atoms with Gasteiger partial charge in [0, 0.05) is 24.8 Å². The van der Waals surface area contributed by atoms with Crippen molar-refractivity contribution < 1.29 is 9.57 Å². The Morgan fingerprint density at radius 1 is 1.50 bits per heavy atom. The van der Waals surface area contributed by atoms with Crippen LogP contribution in [0.1, 0.15) is 26.7 Å². The second-order valence-corrected chi connectivity index (χ2v) is 3.42. The molecule has 0 unspecified atom stereocenters. The highest BCUT2D eigenvalue weighted by Crippen LogP contribution is 2.27. The highest BCUT2D eigenvalue weighted by molar-refractivity contribution is 5.64. The topological polar surface area (TPSA) is 30.8 Å². The fourth-order valence-electron chi connectivity index (χ4n) is 1.21. The minimum absolute atomic E-state index is 0.188. The van der Waals surface area contributed by atoms with Crippen LogP contribution < -0.4 is 0 Å². The molecule has 0 aromatic rings. The molecule has 70 valence electrons. The Balaban J connectivity index is 2.35. The largest absolute Gasteiger partial charge is 0.396 e. The van der Waals surface area contributed by atoms with E-state index in [1.807, 2.05) is 13.1 Å². The van der Waals surface area contributed by atoms with Crippen molar-refractivity contribution in [2.75, 3.05) is 19.8 Å². The molecule has 1 heterocycles. The Kier molecular flexibility index (Phi) is 3.53. The van der Waals surface area contributed by atoms with Crippen LogP contribution in [-0.2, 0) is 9.57 Å². The van der Waals surface area contributed by atoms with Crippen molar-refractivity contribution in [3.05, 3.63) is 0 Å². The molecule has 0 aromatic carbocycles. The van der Waals surface area contributed by atoms with Crippen LogP contribution in [0.25, 0.3) is 0 Å². The van der Waals surface area contributed by atoms with Crippen molar-refractivity contribution in [1.29, 1.82) is 0 Å². The van der Waals surface area contributed by atoms with Crippen molar-refractivity contribution in [3.63, 3.8) is 0 Å². The standard InChI is InChI=1S/C9H17NO2/c1-3-12-10-8-9(2)4-6-11-7-5-9/h8H,3-7H2,1-2H3/b10-8+. The third-order valence-electron chi connectivity index (χ3n) is 2.20. The monoisotopic (exact) mass is 171 g/mol. The zero-order chi connectivity index (χ0) is 8.86. The van der Waals surface area contributed by atoms with Gasteiger partial charge in [0.15, 0.2) is 0 Å². The molecule has 0 radical (unpaired) electrons. The van der Waals surface area contributed by atoms with Crippen LogP contribution in [0.15, 0.2) is 5.16 Å². The molecule has 1 fully saturated rings. The summed E-state index contributed by atoms with van der Waals surface area (Å²) in [5.74, 6) is 0. The fourth-order valence-corrected chi connectivity index (χ4v) is 1.21.